The van der Waals surface area contributed by atoms with Crippen molar-refractivity contribution in [2.45, 2.75) is 67.2 Å². The van der Waals surface area contributed by atoms with Crippen molar-refractivity contribution in [2.75, 3.05) is 13.1 Å². The second-order valence-corrected chi connectivity index (χ2v) is 11.6. The van der Waals surface area contributed by atoms with Crippen molar-refractivity contribution in [2.24, 2.45) is 45.3 Å². The van der Waals surface area contributed by atoms with Crippen molar-refractivity contribution >= 4 is 23.3 Å². The summed E-state index contributed by atoms with van der Waals surface area (Å²) in [6.45, 7) is 14.5. The van der Waals surface area contributed by atoms with Crippen LogP contribution >= 0.6 is 11.8 Å². The van der Waals surface area contributed by atoms with Gasteiger partial charge in [0.25, 0.3) is 0 Å². The van der Waals surface area contributed by atoms with Gasteiger partial charge in [-0.1, -0.05) is 41.5 Å². The summed E-state index contributed by atoms with van der Waals surface area (Å²) in [5, 5.41) is 0. The van der Waals surface area contributed by atoms with Crippen LogP contribution in [-0.4, -0.2) is 29.1 Å². The van der Waals surface area contributed by atoms with Gasteiger partial charge in [0.2, 0.25) is 0 Å². The SMILES string of the molecule is CC1(C)[C@H]2CC[C@@]1(C)C(=O)[C@@H]2CN(Cl)C[C@H]1C(=O)[C@]2(C)CC[C@@H]1C2(C)C. The summed E-state index contributed by atoms with van der Waals surface area (Å²) >= 11 is 6.65. The molecule has 0 aromatic heterocycles. The molecule has 4 rings (SSSR count). The van der Waals surface area contributed by atoms with E-state index in [1.807, 2.05) is 0 Å². The quantitative estimate of drug-likeness (QED) is 0.663. The highest BCUT2D eigenvalue weighted by Crippen LogP contribution is 2.67. The highest BCUT2D eigenvalue weighted by molar-refractivity contribution is 6.13. The van der Waals surface area contributed by atoms with E-state index in [1.54, 1.807) is 4.42 Å². The first-order valence-corrected chi connectivity index (χ1v) is 10.7. The molecule has 0 spiro atoms. The molecule has 0 radical (unpaired) electrons. The van der Waals surface area contributed by atoms with Crippen LogP contribution in [0.4, 0.5) is 0 Å². The first-order chi connectivity index (χ1) is 11.9. The Bertz CT molecular complexity index is 615. The predicted octanol–water partition coefficient (Wildman–Crippen LogP) is 4.73. The number of ketones is 2. The molecule has 4 heteroatoms. The maximum Gasteiger partial charge on any atom is 0.143 e. The first kappa shape index (κ1) is 18.9. The van der Waals surface area contributed by atoms with Gasteiger partial charge in [-0.2, -0.15) is 0 Å². The Labute approximate surface area is 163 Å². The average Bonchev–Trinajstić information content (AvgIpc) is 3.02. The van der Waals surface area contributed by atoms with Crippen molar-refractivity contribution in [3.8, 4) is 0 Å². The van der Waals surface area contributed by atoms with E-state index in [2.05, 4.69) is 41.5 Å². The molecule has 26 heavy (non-hydrogen) atoms. The molecule has 4 aliphatic rings. The summed E-state index contributed by atoms with van der Waals surface area (Å²) in [6, 6.07) is 0. The van der Waals surface area contributed by atoms with Gasteiger partial charge in [0.1, 0.15) is 11.6 Å². The Morgan fingerprint density at radius 3 is 1.42 bits per heavy atom. The van der Waals surface area contributed by atoms with Gasteiger partial charge < -0.3 is 0 Å². The van der Waals surface area contributed by atoms with Crippen LogP contribution in [0.15, 0.2) is 0 Å². The summed E-state index contributed by atoms with van der Waals surface area (Å²) < 4.78 is 1.78. The second kappa shape index (κ2) is 5.35. The monoisotopic (exact) mass is 379 g/mol. The summed E-state index contributed by atoms with van der Waals surface area (Å²) in [5.41, 5.74) is -0.274. The Kier molecular flexibility index (Phi) is 3.89. The molecule has 0 amide bonds. The number of hydrogen-bond donors (Lipinski definition) is 0. The number of fused-ring (bicyclic) bond motifs is 4. The maximum absolute atomic E-state index is 13.1. The molecule has 0 heterocycles. The standard InChI is InChI=1S/C22H34ClNO2/c1-19(2)15-7-9-21(19,5)17(25)13(15)11-24(23)12-14-16-8-10-22(6,18(14)26)20(16,3)4/h13-16H,7-12H2,1-6H3/t13-,14-,15+,16+,21+,22+/m1/s1. The Morgan fingerprint density at radius 1 is 0.808 bits per heavy atom. The third kappa shape index (κ3) is 2.00. The number of rotatable bonds is 4. The lowest BCUT2D eigenvalue weighted by molar-refractivity contribution is -0.132. The fraction of sp³-hybridized carbons (Fsp3) is 0.909. The summed E-state index contributed by atoms with van der Waals surface area (Å²) in [7, 11) is 0. The molecule has 0 unspecified atom stereocenters. The smallest absolute Gasteiger partial charge is 0.143 e. The number of Topliss-reactive ketones (excluding diaryl/α,β-unsaturated/α-hetero) is 2. The third-order valence-corrected chi connectivity index (χ3v) is 10.4. The van der Waals surface area contributed by atoms with Gasteiger partial charge in [0.05, 0.1) is 0 Å². The van der Waals surface area contributed by atoms with Gasteiger partial charge in [-0.15, -0.1) is 0 Å². The molecule has 6 atom stereocenters. The Morgan fingerprint density at radius 2 is 1.15 bits per heavy atom. The number of halogens is 1. The van der Waals surface area contributed by atoms with Crippen LogP contribution in [0.3, 0.4) is 0 Å². The Balaban J connectivity index is 1.47. The van der Waals surface area contributed by atoms with Gasteiger partial charge in [-0.3, -0.25) is 9.59 Å². The van der Waals surface area contributed by atoms with E-state index < -0.39 is 0 Å². The summed E-state index contributed by atoms with van der Waals surface area (Å²) in [6.07, 6.45) is 4.28. The third-order valence-electron chi connectivity index (χ3n) is 10.1. The Hall–Kier alpha value is -0.410. The van der Waals surface area contributed by atoms with E-state index in [0.717, 1.165) is 25.7 Å². The zero-order valence-electron chi connectivity index (χ0n) is 17.2. The number of carbonyl (C=O) groups excluding carboxylic acids is 2. The van der Waals surface area contributed by atoms with E-state index >= 15 is 0 Å². The predicted molar refractivity (Wildman–Crippen MR) is 104 cm³/mol. The molecular formula is C22H34ClNO2. The average molecular weight is 380 g/mol. The van der Waals surface area contributed by atoms with Crippen LogP contribution in [0.5, 0.6) is 0 Å². The van der Waals surface area contributed by atoms with E-state index in [4.69, 9.17) is 11.8 Å². The van der Waals surface area contributed by atoms with Crippen molar-refractivity contribution in [3.05, 3.63) is 0 Å². The normalized spacial score (nSPS) is 48.2. The molecule has 4 saturated carbocycles. The lowest BCUT2D eigenvalue weighted by Gasteiger charge is -2.32. The lowest BCUT2D eigenvalue weighted by atomic mass is 9.70. The van der Waals surface area contributed by atoms with E-state index in [9.17, 15) is 9.59 Å². The van der Waals surface area contributed by atoms with Crippen molar-refractivity contribution < 1.29 is 9.59 Å². The largest absolute Gasteiger partial charge is 0.299 e. The molecule has 4 bridgehead atoms. The van der Waals surface area contributed by atoms with Crippen molar-refractivity contribution in [1.82, 2.24) is 4.42 Å². The van der Waals surface area contributed by atoms with Crippen molar-refractivity contribution in [3.63, 3.8) is 0 Å². The minimum Gasteiger partial charge on any atom is -0.299 e. The van der Waals surface area contributed by atoms with E-state index in [-0.39, 0.29) is 33.5 Å². The van der Waals surface area contributed by atoms with Gasteiger partial charge in [-0.05, 0) is 60.1 Å². The van der Waals surface area contributed by atoms with E-state index in [1.165, 1.54) is 0 Å². The number of nitrogens with zero attached hydrogens (tertiary/aromatic N) is 1. The molecule has 3 nitrogen and oxygen atoms in total. The lowest BCUT2D eigenvalue weighted by Crippen LogP contribution is -2.39. The van der Waals surface area contributed by atoms with Crippen LogP contribution < -0.4 is 0 Å². The minimum absolute atomic E-state index is 0.0264. The molecule has 146 valence electrons. The highest BCUT2D eigenvalue weighted by Gasteiger charge is 2.67. The molecule has 0 aromatic carbocycles. The molecule has 0 saturated heterocycles. The minimum atomic E-state index is -0.197. The van der Waals surface area contributed by atoms with Crippen LogP contribution in [0.25, 0.3) is 0 Å². The fourth-order valence-electron chi connectivity index (χ4n) is 7.47. The van der Waals surface area contributed by atoms with Gasteiger partial charge in [0, 0.05) is 35.8 Å². The molecule has 0 aromatic rings. The zero-order chi connectivity index (χ0) is 19.3. The zero-order valence-corrected chi connectivity index (χ0v) is 17.9. The first-order valence-electron chi connectivity index (χ1n) is 10.4. The van der Waals surface area contributed by atoms with Crippen LogP contribution in [0, 0.1) is 45.3 Å². The van der Waals surface area contributed by atoms with Crippen LogP contribution in [0.1, 0.15) is 67.2 Å². The fourth-order valence-corrected chi connectivity index (χ4v) is 7.77. The van der Waals surface area contributed by atoms with Gasteiger partial charge >= 0.3 is 0 Å². The molecular weight excluding hydrogens is 346 g/mol. The molecule has 0 N–H and O–H groups in total. The van der Waals surface area contributed by atoms with Crippen molar-refractivity contribution in [1.29, 1.82) is 0 Å². The molecule has 4 aliphatic carbocycles. The van der Waals surface area contributed by atoms with Gasteiger partial charge in [0.15, 0.2) is 0 Å². The van der Waals surface area contributed by atoms with Gasteiger partial charge in [-0.25, -0.2) is 4.42 Å². The summed E-state index contributed by atoms with van der Waals surface area (Å²) in [4.78, 5) is 26.1. The maximum atomic E-state index is 13.1. The molecule has 4 fully saturated rings. The van der Waals surface area contributed by atoms with Crippen LogP contribution in [0.2, 0.25) is 0 Å². The number of carbonyl (C=O) groups is 2. The highest BCUT2D eigenvalue weighted by atomic mass is 35.5. The summed E-state index contributed by atoms with van der Waals surface area (Å²) in [5.74, 6) is 1.70. The van der Waals surface area contributed by atoms with E-state index in [0.29, 0.717) is 36.5 Å². The van der Waals surface area contributed by atoms with Crippen LogP contribution in [-0.2, 0) is 9.59 Å². The second-order valence-electron chi connectivity index (χ2n) is 11.2. The number of hydrogen-bond acceptors (Lipinski definition) is 3. The topological polar surface area (TPSA) is 37.4 Å². The molecule has 0 aliphatic heterocycles.